The summed E-state index contributed by atoms with van der Waals surface area (Å²) in [5, 5.41) is 0. The monoisotopic (exact) mass is 511 g/mol. The van der Waals surface area contributed by atoms with Crippen LogP contribution in [0.2, 0.25) is 0 Å². The first-order chi connectivity index (χ1) is 18.8. The third kappa shape index (κ3) is 4.78. The first kappa shape index (κ1) is 25.2. The van der Waals surface area contributed by atoms with E-state index < -0.39 is 18.3 Å². The van der Waals surface area contributed by atoms with Gasteiger partial charge in [0.1, 0.15) is 0 Å². The Balaban J connectivity index is 1.52. The van der Waals surface area contributed by atoms with Crippen molar-refractivity contribution in [1.82, 2.24) is 15.0 Å². The molecule has 5 nitrogen and oxygen atoms in total. The molecule has 192 valence electrons. The maximum atomic E-state index is 6.45. The van der Waals surface area contributed by atoms with Gasteiger partial charge < -0.3 is 9.31 Å². The number of hydrogen-bond donors (Lipinski definition) is 0. The van der Waals surface area contributed by atoms with Gasteiger partial charge in [-0.15, -0.1) is 0 Å². The summed E-state index contributed by atoms with van der Waals surface area (Å²) in [5.41, 5.74) is 4.92. The van der Waals surface area contributed by atoms with E-state index in [0.717, 1.165) is 33.3 Å². The lowest BCUT2D eigenvalue weighted by atomic mass is 9.74. The molecule has 5 aromatic rings. The van der Waals surface area contributed by atoms with E-state index in [9.17, 15) is 0 Å². The molecule has 1 aromatic heterocycles. The Morgan fingerprint density at radius 1 is 0.462 bits per heavy atom. The van der Waals surface area contributed by atoms with Crippen LogP contribution in [0.25, 0.3) is 45.3 Å². The van der Waals surface area contributed by atoms with E-state index in [-0.39, 0.29) is 0 Å². The minimum absolute atomic E-state index is 0.437. The predicted molar refractivity (Wildman–Crippen MR) is 157 cm³/mol. The average molecular weight is 511 g/mol. The number of nitrogens with zero attached hydrogens (tertiary/aromatic N) is 3. The van der Waals surface area contributed by atoms with Crippen LogP contribution in [0.15, 0.2) is 109 Å². The van der Waals surface area contributed by atoms with E-state index in [1.165, 1.54) is 0 Å². The maximum Gasteiger partial charge on any atom is 0.495 e. The van der Waals surface area contributed by atoms with Crippen LogP contribution in [0, 0.1) is 0 Å². The van der Waals surface area contributed by atoms with Crippen molar-refractivity contribution in [3.8, 4) is 45.3 Å². The molecule has 0 amide bonds. The highest BCUT2D eigenvalue weighted by molar-refractivity contribution is 6.64. The second-order valence-electron chi connectivity index (χ2n) is 10.8. The van der Waals surface area contributed by atoms with Crippen LogP contribution in [0.1, 0.15) is 27.7 Å². The van der Waals surface area contributed by atoms with E-state index in [1.54, 1.807) is 0 Å². The zero-order chi connectivity index (χ0) is 27.0. The zero-order valence-corrected chi connectivity index (χ0v) is 22.6. The Morgan fingerprint density at radius 2 is 0.872 bits per heavy atom. The van der Waals surface area contributed by atoms with E-state index in [0.29, 0.717) is 17.5 Å². The molecule has 0 saturated carbocycles. The number of hydrogen-bond acceptors (Lipinski definition) is 5. The van der Waals surface area contributed by atoms with Crippen molar-refractivity contribution >= 4 is 12.6 Å². The van der Waals surface area contributed by atoms with Gasteiger partial charge in [0, 0.05) is 16.7 Å². The van der Waals surface area contributed by atoms with Crippen LogP contribution >= 0.6 is 0 Å². The maximum absolute atomic E-state index is 6.45. The Hall–Kier alpha value is -4.13. The molecule has 0 unspecified atom stereocenters. The van der Waals surface area contributed by atoms with Crippen molar-refractivity contribution in [3.63, 3.8) is 0 Å². The molecule has 0 bridgehead atoms. The average Bonchev–Trinajstić information content (AvgIpc) is 3.20. The van der Waals surface area contributed by atoms with Gasteiger partial charge in [0.15, 0.2) is 17.5 Å². The van der Waals surface area contributed by atoms with Crippen LogP contribution < -0.4 is 5.46 Å². The number of rotatable bonds is 5. The molecule has 39 heavy (non-hydrogen) atoms. The Kier molecular flexibility index (Phi) is 6.38. The van der Waals surface area contributed by atoms with Gasteiger partial charge in [0.2, 0.25) is 0 Å². The number of aromatic nitrogens is 3. The normalized spacial score (nSPS) is 15.8. The predicted octanol–water partition coefficient (Wildman–Crippen LogP) is 6.84. The lowest BCUT2D eigenvalue weighted by Crippen LogP contribution is -2.41. The highest BCUT2D eigenvalue weighted by Gasteiger charge is 2.52. The summed E-state index contributed by atoms with van der Waals surface area (Å²) in [7, 11) is -0.489. The van der Waals surface area contributed by atoms with Gasteiger partial charge in [-0.25, -0.2) is 15.0 Å². The molecule has 1 fully saturated rings. The van der Waals surface area contributed by atoms with Crippen LogP contribution in [0.4, 0.5) is 0 Å². The van der Waals surface area contributed by atoms with Gasteiger partial charge in [-0.3, -0.25) is 0 Å². The largest absolute Gasteiger partial charge is 0.495 e. The molecule has 1 aliphatic heterocycles. The van der Waals surface area contributed by atoms with Crippen molar-refractivity contribution in [3.05, 3.63) is 109 Å². The van der Waals surface area contributed by atoms with Gasteiger partial charge in [0.25, 0.3) is 0 Å². The van der Waals surface area contributed by atoms with Crippen LogP contribution in [0.5, 0.6) is 0 Å². The molecule has 1 aliphatic rings. The fourth-order valence-corrected chi connectivity index (χ4v) is 4.76. The zero-order valence-electron chi connectivity index (χ0n) is 22.6. The van der Waals surface area contributed by atoms with Gasteiger partial charge in [-0.2, -0.15) is 0 Å². The molecule has 1 saturated heterocycles. The van der Waals surface area contributed by atoms with Gasteiger partial charge in [0.05, 0.1) is 11.2 Å². The van der Waals surface area contributed by atoms with E-state index >= 15 is 0 Å². The smallest absolute Gasteiger partial charge is 0.399 e. The first-order valence-corrected chi connectivity index (χ1v) is 13.2. The molecule has 0 N–H and O–H groups in total. The minimum Gasteiger partial charge on any atom is -0.399 e. The summed E-state index contributed by atoms with van der Waals surface area (Å²) in [6.07, 6.45) is 0. The topological polar surface area (TPSA) is 57.1 Å². The lowest BCUT2D eigenvalue weighted by Gasteiger charge is -2.32. The summed E-state index contributed by atoms with van der Waals surface area (Å²) in [5.74, 6) is 1.88. The van der Waals surface area contributed by atoms with Gasteiger partial charge in [-0.1, -0.05) is 109 Å². The fourth-order valence-electron chi connectivity index (χ4n) is 4.76. The molecule has 0 spiro atoms. The Bertz CT molecular complexity index is 1550. The van der Waals surface area contributed by atoms with Gasteiger partial charge >= 0.3 is 7.12 Å². The second-order valence-corrected chi connectivity index (χ2v) is 10.8. The number of benzene rings is 4. The first-order valence-electron chi connectivity index (χ1n) is 13.2. The van der Waals surface area contributed by atoms with Crippen LogP contribution in [-0.2, 0) is 9.31 Å². The van der Waals surface area contributed by atoms with E-state index in [2.05, 4.69) is 52.0 Å². The SMILES string of the molecule is CC1(C)OB(c2ccccc2-c2ccccc2-c2nc(-c3ccccc3)nc(-c3ccccc3)n2)OC1(C)C. The molecule has 2 heterocycles. The van der Waals surface area contributed by atoms with Crippen LogP contribution in [-0.4, -0.2) is 33.3 Å². The third-order valence-electron chi connectivity index (χ3n) is 7.63. The third-order valence-corrected chi connectivity index (χ3v) is 7.63. The molecule has 0 atom stereocenters. The molecule has 0 aliphatic carbocycles. The van der Waals surface area contributed by atoms with Crippen molar-refractivity contribution in [2.75, 3.05) is 0 Å². The van der Waals surface area contributed by atoms with Crippen molar-refractivity contribution in [1.29, 1.82) is 0 Å². The summed E-state index contributed by atoms with van der Waals surface area (Å²) in [6, 6.07) is 36.5. The minimum atomic E-state index is -0.489. The summed E-state index contributed by atoms with van der Waals surface area (Å²) >= 11 is 0. The standard InChI is InChI=1S/C33H30BN3O2/c1-32(2)33(3,4)39-34(38-32)28-22-14-13-20-26(28)25-19-11-12-21-27(25)31-36-29(23-15-7-5-8-16-23)35-30(37-31)24-17-9-6-10-18-24/h5-22H,1-4H3. The lowest BCUT2D eigenvalue weighted by molar-refractivity contribution is 0.00578. The van der Waals surface area contributed by atoms with Gasteiger partial charge in [-0.05, 0) is 44.3 Å². The van der Waals surface area contributed by atoms with E-state index in [4.69, 9.17) is 24.3 Å². The fraction of sp³-hybridized carbons (Fsp3) is 0.182. The summed E-state index contributed by atoms with van der Waals surface area (Å²) in [4.78, 5) is 14.8. The van der Waals surface area contributed by atoms with Crippen molar-refractivity contribution in [2.45, 2.75) is 38.9 Å². The highest BCUT2D eigenvalue weighted by Crippen LogP contribution is 2.38. The molecule has 6 heteroatoms. The molecule has 6 rings (SSSR count). The molecule has 0 radical (unpaired) electrons. The quantitative estimate of drug-likeness (QED) is 0.242. The summed E-state index contributed by atoms with van der Waals surface area (Å²) < 4.78 is 12.9. The molecule has 4 aromatic carbocycles. The summed E-state index contributed by atoms with van der Waals surface area (Å²) in [6.45, 7) is 8.30. The van der Waals surface area contributed by atoms with E-state index in [1.807, 2.05) is 84.9 Å². The highest BCUT2D eigenvalue weighted by atomic mass is 16.7. The van der Waals surface area contributed by atoms with Crippen molar-refractivity contribution in [2.24, 2.45) is 0 Å². The molecular weight excluding hydrogens is 481 g/mol. The second kappa shape index (κ2) is 9.88. The Morgan fingerprint density at radius 3 is 1.41 bits per heavy atom. The van der Waals surface area contributed by atoms with Crippen molar-refractivity contribution < 1.29 is 9.31 Å². The molecular formula is C33H30BN3O2. The van der Waals surface area contributed by atoms with Crippen LogP contribution in [0.3, 0.4) is 0 Å². The Labute approximate surface area is 230 Å².